The van der Waals surface area contributed by atoms with Crippen molar-refractivity contribution in [3.63, 3.8) is 0 Å². The molecule has 0 radical (unpaired) electrons. The molecule has 0 aromatic heterocycles. The Balaban J connectivity index is 2.00. The molecule has 19 heavy (non-hydrogen) atoms. The van der Waals surface area contributed by atoms with Crippen molar-refractivity contribution in [3.05, 3.63) is 70.2 Å². The Morgan fingerprint density at radius 3 is 1.84 bits per heavy atom. The topological polar surface area (TPSA) is 26.0 Å². The number of nitrogens with two attached hydrogens (primary N) is 1. The normalized spacial score (nSPS) is 12.4. The van der Waals surface area contributed by atoms with Gasteiger partial charge in [0.15, 0.2) is 0 Å². The van der Waals surface area contributed by atoms with Crippen molar-refractivity contribution in [1.82, 2.24) is 0 Å². The zero-order valence-corrected chi connectivity index (χ0v) is 12.0. The number of benzene rings is 2. The van der Waals surface area contributed by atoms with E-state index in [1.165, 1.54) is 16.7 Å². The molecule has 0 saturated carbocycles. The van der Waals surface area contributed by atoms with Crippen molar-refractivity contribution in [2.24, 2.45) is 11.7 Å². The second-order valence-corrected chi connectivity index (χ2v) is 5.56. The number of halogens is 1. The zero-order valence-electron chi connectivity index (χ0n) is 11.3. The Kier molecular flexibility index (Phi) is 5.00. The van der Waals surface area contributed by atoms with Crippen LogP contribution in [0.4, 0.5) is 0 Å². The van der Waals surface area contributed by atoms with Gasteiger partial charge in [0.1, 0.15) is 0 Å². The van der Waals surface area contributed by atoms with Gasteiger partial charge in [-0.25, -0.2) is 0 Å². The first-order valence-electron chi connectivity index (χ1n) is 6.67. The third-order valence-corrected chi connectivity index (χ3v) is 3.67. The second-order valence-electron chi connectivity index (χ2n) is 5.12. The van der Waals surface area contributed by atoms with E-state index in [2.05, 4.69) is 43.3 Å². The summed E-state index contributed by atoms with van der Waals surface area (Å²) in [6.45, 7) is 2.81. The summed E-state index contributed by atoms with van der Waals surface area (Å²) in [5.41, 5.74) is 9.85. The molecule has 0 saturated heterocycles. The van der Waals surface area contributed by atoms with Gasteiger partial charge >= 0.3 is 0 Å². The Labute approximate surface area is 120 Å². The fraction of sp³-hybridized carbons (Fsp3) is 0.294. The van der Waals surface area contributed by atoms with Crippen LogP contribution in [0.25, 0.3) is 0 Å². The van der Waals surface area contributed by atoms with Crippen LogP contribution in [0.2, 0.25) is 5.02 Å². The van der Waals surface area contributed by atoms with Gasteiger partial charge in [-0.15, -0.1) is 0 Å². The van der Waals surface area contributed by atoms with Gasteiger partial charge in [0.05, 0.1) is 0 Å². The summed E-state index contributed by atoms with van der Waals surface area (Å²) in [5, 5.41) is 0.784. The van der Waals surface area contributed by atoms with E-state index in [1.807, 2.05) is 12.1 Å². The van der Waals surface area contributed by atoms with Crippen molar-refractivity contribution in [2.45, 2.75) is 19.8 Å². The molecule has 2 heteroatoms. The molecule has 0 aliphatic heterocycles. The van der Waals surface area contributed by atoms with Crippen molar-refractivity contribution in [1.29, 1.82) is 0 Å². The van der Waals surface area contributed by atoms with Crippen molar-refractivity contribution < 1.29 is 0 Å². The molecule has 0 spiro atoms. The molecule has 2 aromatic carbocycles. The van der Waals surface area contributed by atoms with Crippen molar-refractivity contribution in [2.75, 3.05) is 6.54 Å². The molecule has 0 fully saturated rings. The maximum absolute atomic E-state index is 5.90. The van der Waals surface area contributed by atoms with E-state index < -0.39 is 0 Å². The minimum absolute atomic E-state index is 0.476. The highest BCUT2D eigenvalue weighted by Crippen LogP contribution is 2.16. The summed E-state index contributed by atoms with van der Waals surface area (Å²) in [5.74, 6) is 0.476. The van der Waals surface area contributed by atoms with Gasteiger partial charge in [0.2, 0.25) is 0 Å². The lowest BCUT2D eigenvalue weighted by Crippen LogP contribution is -2.19. The van der Waals surface area contributed by atoms with Gasteiger partial charge in [-0.05, 0) is 55.5 Å². The molecule has 2 N–H and O–H groups in total. The highest BCUT2D eigenvalue weighted by molar-refractivity contribution is 6.30. The average Bonchev–Trinajstić information content (AvgIpc) is 2.43. The molecule has 0 heterocycles. The van der Waals surface area contributed by atoms with E-state index >= 15 is 0 Å². The molecule has 0 bridgehead atoms. The van der Waals surface area contributed by atoms with Crippen LogP contribution >= 0.6 is 11.6 Å². The predicted octanol–water partition coefficient (Wildman–Crippen LogP) is 4.01. The first kappa shape index (κ1) is 14.1. The van der Waals surface area contributed by atoms with Crippen LogP contribution in [0.15, 0.2) is 48.5 Å². The molecule has 0 aliphatic rings. The van der Waals surface area contributed by atoms with Crippen LogP contribution in [-0.4, -0.2) is 6.54 Å². The Morgan fingerprint density at radius 2 is 1.37 bits per heavy atom. The van der Waals surface area contributed by atoms with E-state index in [9.17, 15) is 0 Å². The lowest BCUT2D eigenvalue weighted by atomic mass is 9.92. The largest absolute Gasteiger partial charge is 0.330 e. The number of hydrogen-bond acceptors (Lipinski definition) is 1. The Morgan fingerprint density at radius 1 is 0.895 bits per heavy atom. The highest BCUT2D eigenvalue weighted by Gasteiger charge is 2.09. The summed E-state index contributed by atoms with van der Waals surface area (Å²) in [6, 6.07) is 16.8. The SMILES string of the molecule is Cc1ccc(CC(CN)Cc2ccc(Cl)cc2)cc1. The minimum atomic E-state index is 0.476. The van der Waals surface area contributed by atoms with E-state index in [4.69, 9.17) is 17.3 Å². The summed E-state index contributed by atoms with van der Waals surface area (Å²) < 4.78 is 0. The lowest BCUT2D eigenvalue weighted by Gasteiger charge is -2.15. The average molecular weight is 274 g/mol. The maximum atomic E-state index is 5.90. The zero-order chi connectivity index (χ0) is 13.7. The summed E-state index contributed by atoms with van der Waals surface area (Å²) >= 11 is 5.90. The van der Waals surface area contributed by atoms with Crippen LogP contribution < -0.4 is 5.73 Å². The van der Waals surface area contributed by atoms with Gasteiger partial charge in [-0.2, -0.15) is 0 Å². The highest BCUT2D eigenvalue weighted by atomic mass is 35.5. The van der Waals surface area contributed by atoms with Crippen LogP contribution in [-0.2, 0) is 12.8 Å². The van der Waals surface area contributed by atoms with Crippen LogP contribution in [0.3, 0.4) is 0 Å². The van der Waals surface area contributed by atoms with Gasteiger partial charge in [0.25, 0.3) is 0 Å². The lowest BCUT2D eigenvalue weighted by molar-refractivity contribution is 0.533. The summed E-state index contributed by atoms with van der Waals surface area (Å²) in [6.07, 6.45) is 2.03. The van der Waals surface area contributed by atoms with Gasteiger partial charge in [0, 0.05) is 5.02 Å². The maximum Gasteiger partial charge on any atom is 0.0406 e. The first-order valence-corrected chi connectivity index (χ1v) is 7.05. The predicted molar refractivity (Wildman–Crippen MR) is 82.6 cm³/mol. The molecule has 2 aromatic rings. The smallest absolute Gasteiger partial charge is 0.0406 e. The van der Waals surface area contributed by atoms with Crippen molar-refractivity contribution in [3.8, 4) is 0 Å². The molecule has 2 rings (SSSR count). The summed E-state index contributed by atoms with van der Waals surface area (Å²) in [7, 11) is 0. The van der Waals surface area contributed by atoms with Gasteiger partial charge in [-0.1, -0.05) is 53.6 Å². The fourth-order valence-corrected chi connectivity index (χ4v) is 2.38. The van der Waals surface area contributed by atoms with Crippen LogP contribution in [0.1, 0.15) is 16.7 Å². The first-order chi connectivity index (χ1) is 9.17. The molecular weight excluding hydrogens is 254 g/mol. The van der Waals surface area contributed by atoms with Gasteiger partial charge in [-0.3, -0.25) is 0 Å². The number of hydrogen-bond donors (Lipinski definition) is 1. The van der Waals surface area contributed by atoms with Gasteiger partial charge < -0.3 is 5.73 Å². The van der Waals surface area contributed by atoms with Crippen molar-refractivity contribution >= 4 is 11.6 Å². The number of rotatable bonds is 5. The minimum Gasteiger partial charge on any atom is -0.330 e. The molecule has 1 unspecified atom stereocenters. The number of aryl methyl sites for hydroxylation is 1. The summed E-state index contributed by atoms with van der Waals surface area (Å²) in [4.78, 5) is 0. The van der Waals surface area contributed by atoms with E-state index in [0.717, 1.165) is 17.9 Å². The molecule has 0 aliphatic carbocycles. The van der Waals surface area contributed by atoms with E-state index in [-0.39, 0.29) is 0 Å². The van der Waals surface area contributed by atoms with E-state index in [0.29, 0.717) is 12.5 Å². The van der Waals surface area contributed by atoms with E-state index in [1.54, 1.807) is 0 Å². The molecule has 0 amide bonds. The van der Waals surface area contributed by atoms with Crippen LogP contribution in [0.5, 0.6) is 0 Å². The quantitative estimate of drug-likeness (QED) is 0.875. The second kappa shape index (κ2) is 6.74. The monoisotopic (exact) mass is 273 g/mol. The molecule has 1 nitrogen and oxygen atoms in total. The molecule has 100 valence electrons. The Bertz CT molecular complexity index is 454. The standard InChI is InChI=1S/C17H20ClN/c1-13-2-4-14(5-3-13)10-16(12-19)11-15-6-8-17(18)9-7-15/h2-9,16H,10-12,19H2,1H3. The fourth-order valence-electron chi connectivity index (χ4n) is 2.25. The Hall–Kier alpha value is -1.31. The molecule has 1 atom stereocenters. The van der Waals surface area contributed by atoms with Crippen LogP contribution in [0, 0.1) is 12.8 Å². The molecular formula is C17H20ClN. The third kappa shape index (κ3) is 4.38. The third-order valence-electron chi connectivity index (χ3n) is 3.42.